The highest BCUT2D eigenvalue weighted by Crippen LogP contribution is 2.27. The third-order valence-corrected chi connectivity index (χ3v) is 5.40. The topological polar surface area (TPSA) is 96.0 Å². The van der Waals surface area contributed by atoms with Crippen LogP contribution in [0.2, 0.25) is 0 Å². The zero-order valence-electron chi connectivity index (χ0n) is 17.3. The molecule has 162 valence electrons. The van der Waals surface area contributed by atoms with Crippen molar-refractivity contribution < 1.29 is 19.2 Å². The fourth-order valence-electron chi connectivity index (χ4n) is 2.97. The Morgan fingerprint density at radius 3 is 2.65 bits per heavy atom. The van der Waals surface area contributed by atoms with E-state index in [0.717, 1.165) is 16.0 Å². The van der Waals surface area contributed by atoms with Gasteiger partial charge in [0.2, 0.25) is 0 Å². The van der Waals surface area contributed by atoms with Gasteiger partial charge in [-0.05, 0) is 49.8 Å². The van der Waals surface area contributed by atoms with Crippen molar-refractivity contribution in [2.24, 2.45) is 4.99 Å². The first-order valence-corrected chi connectivity index (χ1v) is 10.7. The standard InChI is InChI=1S/C22H23N3O5S/c1-3-29-15-14-24-21-18(30-4-2)6-5-7-19(21)31-22(24)23-20(26)13-10-16-8-11-17(12-9-16)25(27)28/h5-13H,3-4,14-15H2,1-2H3. The molecule has 31 heavy (non-hydrogen) atoms. The van der Waals surface area contributed by atoms with Crippen LogP contribution in [0.1, 0.15) is 19.4 Å². The molecule has 0 radical (unpaired) electrons. The number of aromatic nitrogens is 1. The Morgan fingerprint density at radius 2 is 1.97 bits per heavy atom. The number of para-hydroxylation sites is 1. The molecule has 0 saturated heterocycles. The van der Waals surface area contributed by atoms with Gasteiger partial charge in [0.25, 0.3) is 11.6 Å². The molecule has 0 spiro atoms. The Labute approximate surface area is 183 Å². The van der Waals surface area contributed by atoms with E-state index < -0.39 is 10.8 Å². The van der Waals surface area contributed by atoms with Crippen molar-refractivity contribution >= 4 is 39.2 Å². The summed E-state index contributed by atoms with van der Waals surface area (Å²) < 4.78 is 14.2. The molecule has 0 fully saturated rings. The molecule has 1 amide bonds. The van der Waals surface area contributed by atoms with E-state index in [2.05, 4.69) is 4.99 Å². The van der Waals surface area contributed by atoms with Gasteiger partial charge in [0, 0.05) is 31.4 Å². The summed E-state index contributed by atoms with van der Waals surface area (Å²) in [6.45, 7) is 6.01. The zero-order valence-corrected chi connectivity index (χ0v) is 18.1. The predicted molar refractivity (Wildman–Crippen MR) is 120 cm³/mol. The van der Waals surface area contributed by atoms with Crippen molar-refractivity contribution in [1.29, 1.82) is 0 Å². The number of nitrogens with zero attached hydrogens (tertiary/aromatic N) is 3. The number of nitro benzene ring substituents is 1. The van der Waals surface area contributed by atoms with Crippen LogP contribution in [0.5, 0.6) is 5.75 Å². The summed E-state index contributed by atoms with van der Waals surface area (Å²) in [7, 11) is 0. The molecule has 1 heterocycles. The van der Waals surface area contributed by atoms with E-state index in [1.807, 2.05) is 36.6 Å². The SMILES string of the molecule is CCOCCn1c(=NC(=O)C=Cc2ccc([N+](=O)[O-])cc2)sc2cccc(OCC)c21. The van der Waals surface area contributed by atoms with Gasteiger partial charge in [-0.3, -0.25) is 14.9 Å². The zero-order chi connectivity index (χ0) is 22.2. The van der Waals surface area contributed by atoms with Crippen LogP contribution in [-0.4, -0.2) is 35.2 Å². The van der Waals surface area contributed by atoms with E-state index in [0.29, 0.717) is 36.7 Å². The summed E-state index contributed by atoms with van der Waals surface area (Å²) in [6.07, 6.45) is 2.93. The van der Waals surface area contributed by atoms with Gasteiger partial charge in [0.1, 0.15) is 11.3 Å². The highest BCUT2D eigenvalue weighted by atomic mass is 32.1. The molecule has 3 aromatic rings. The van der Waals surface area contributed by atoms with Crippen LogP contribution < -0.4 is 9.54 Å². The maximum absolute atomic E-state index is 12.5. The first-order valence-electron chi connectivity index (χ1n) is 9.87. The molecule has 0 unspecified atom stereocenters. The average molecular weight is 442 g/mol. The van der Waals surface area contributed by atoms with Crippen molar-refractivity contribution in [1.82, 2.24) is 4.57 Å². The fraction of sp³-hybridized carbons (Fsp3) is 0.273. The van der Waals surface area contributed by atoms with E-state index in [4.69, 9.17) is 9.47 Å². The Hall–Kier alpha value is -3.30. The van der Waals surface area contributed by atoms with Gasteiger partial charge < -0.3 is 14.0 Å². The summed E-state index contributed by atoms with van der Waals surface area (Å²) in [5.74, 6) is 0.316. The first kappa shape index (κ1) is 22.4. The van der Waals surface area contributed by atoms with E-state index >= 15 is 0 Å². The minimum absolute atomic E-state index is 0.00104. The second kappa shape index (κ2) is 10.6. The number of carbonyl (C=O) groups is 1. The lowest BCUT2D eigenvalue weighted by atomic mass is 10.2. The molecule has 1 aromatic heterocycles. The third-order valence-electron chi connectivity index (χ3n) is 4.36. The molecule has 0 aliphatic rings. The molecule has 0 atom stereocenters. The fourth-order valence-corrected chi connectivity index (χ4v) is 4.05. The number of amides is 1. The van der Waals surface area contributed by atoms with Gasteiger partial charge in [-0.25, -0.2) is 0 Å². The Bertz CT molecular complexity index is 1160. The first-order chi connectivity index (χ1) is 15.0. The van der Waals surface area contributed by atoms with Crippen molar-refractivity contribution in [2.75, 3.05) is 19.8 Å². The maximum Gasteiger partial charge on any atom is 0.272 e. The van der Waals surface area contributed by atoms with Gasteiger partial charge in [-0.1, -0.05) is 17.4 Å². The molecule has 0 aliphatic heterocycles. The Balaban J connectivity index is 1.93. The number of rotatable bonds is 9. The van der Waals surface area contributed by atoms with E-state index in [9.17, 15) is 14.9 Å². The molecule has 0 N–H and O–H groups in total. The van der Waals surface area contributed by atoms with Gasteiger partial charge in [-0.2, -0.15) is 4.99 Å². The Kier molecular flexibility index (Phi) is 7.69. The van der Waals surface area contributed by atoms with Crippen LogP contribution in [0.3, 0.4) is 0 Å². The van der Waals surface area contributed by atoms with Crippen LogP contribution in [-0.2, 0) is 16.1 Å². The molecular weight excluding hydrogens is 418 g/mol. The number of benzene rings is 2. The quantitative estimate of drug-likeness (QED) is 0.215. The molecule has 2 aromatic carbocycles. The molecule has 0 aliphatic carbocycles. The van der Waals surface area contributed by atoms with E-state index in [1.54, 1.807) is 18.2 Å². The van der Waals surface area contributed by atoms with Crippen molar-refractivity contribution in [3.05, 3.63) is 69.0 Å². The monoisotopic (exact) mass is 441 g/mol. The van der Waals surface area contributed by atoms with Crippen molar-refractivity contribution in [3.63, 3.8) is 0 Å². The van der Waals surface area contributed by atoms with Crippen LogP contribution in [0, 0.1) is 10.1 Å². The smallest absolute Gasteiger partial charge is 0.272 e. The lowest BCUT2D eigenvalue weighted by Crippen LogP contribution is -2.19. The van der Waals surface area contributed by atoms with Gasteiger partial charge in [-0.15, -0.1) is 0 Å². The molecule has 3 rings (SSSR count). The van der Waals surface area contributed by atoms with Crippen LogP contribution in [0.15, 0.2) is 53.5 Å². The molecule has 8 nitrogen and oxygen atoms in total. The van der Waals surface area contributed by atoms with Gasteiger partial charge in [0.15, 0.2) is 4.80 Å². The second-order valence-corrected chi connectivity index (χ2v) is 7.41. The summed E-state index contributed by atoms with van der Waals surface area (Å²) in [5, 5.41) is 10.7. The highest BCUT2D eigenvalue weighted by Gasteiger charge is 2.12. The lowest BCUT2D eigenvalue weighted by Gasteiger charge is -2.09. The predicted octanol–water partition coefficient (Wildman–Crippen LogP) is 4.19. The molecule has 0 saturated carbocycles. The van der Waals surface area contributed by atoms with Crippen molar-refractivity contribution in [2.45, 2.75) is 20.4 Å². The summed E-state index contributed by atoms with van der Waals surface area (Å²) in [4.78, 5) is 27.6. The number of non-ortho nitro benzene ring substituents is 1. The van der Waals surface area contributed by atoms with Gasteiger partial charge >= 0.3 is 0 Å². The van der Waals surface area contributed by atoms with Crippen LogP contribution in [0.4, 0.5) is 5.69 Å². The lowest BCUT2D eigenvalue weighted by molar-refractivity contribution is -0.384. The average Bonchev–Trinajstić information content (AvgIpc) is 3.11. The Morgan fingerprint density at radius 1 is 1.19 bits per heavy atom. The largest absolute Gasteiger partial charge is 0.492 e. The number of fused-ring (bicyclic) bond motifs is 1. The summed E-state index contributed by atoms with van der Waals surface area (Å²) in [6, 6.07) is 11.7. The number of carbonyl (C=O) groups excluding carboxylic acids is 1. The minimum atomic E-state index is -0.465. The normalized spacial score (nSPS) is 12.0. The van der Waals surface area contributed by atoms with Crippen LogP contribution >= 0.6 is 11.3 Å². The summed E-state index contributed by atoms with van der Waals surface area (Å²) in [5.41, 5.74) is 1.56. The molecule has 0 bridgehead atoms. The minimum Gasteiger partial charge on any atom is -0.492 e. The van der Waals surface area contributed by atoms with Gasteiger partial charge in [0.05, 0.1) is 22.8 Å². The summed E-state index contributed by atoms with van der Waals surface area (Å²) >= 11 is 1.41. The van der Waals surface area contributed by atoms with E-state index in [1.165, 1.54) is 29.5 Å². The number of thiazole rings is 1. The third kappa shape index (κ3) is 5.65. The highest BCUT2D eigenvalue weighted by molar-refractivity contribution is 7.16. The van der Waals surface area contributed by atoms with Crippen molar-refractivity contribution in [3.8, 4) is 5.75 Å². The number of ether oxygens (including phenoxy) is 2. The van der Waals surface area contributed by atoms with Crippen LogP contribution in [0.25, 0.3) is 16.3 Å². The molecule has 9 heteroatoms. The molecular formula is C22H23N3O5S. The second-order valence-electron chi connectivity index (χ2n) is 6.40. The number of hydrogen-bond donors (Lipinski definition) is 0. The maximum atomic E-state index is 12.5. The number of nitro groups is 1. The number of hydrogen-bond acceptors (Lipinski definition) is 6. The van der Waals surface area contributed by atoms with E-state index in [-0.39, 0.29) is 5.69 Å².